The molecule has 10 nitrogen and oxygen atoms in total. The van der Waals surface area contributed by atoms with Gasteiger partial charge in [-0.3, -0.25) is 19.0 Å². The van der Waals surface area contributed by atoms with Gasteiger partial charge >= 0.3 is 11.1 Å². The molecule has 31 heavy (non-hydrogen) atoms. The molecule has 11 heteroatoms. The number of piperidine rings is 1. The summed E-state index contributed by atoms with van der Waals surface area (Å²) in [6, 6.07) is 1.46. The van der Waals surface area contributed by atoms with Gasteiger partial charge in [0.2, 0.25) is 5.95 Å². The fraction of sp³-hybridized carbons (Fsp3) is 0.400. The Labute approximate surface area is 182 Å². The molecule has 4 rings (SSSR count). The number of carbonyl (C=O) groups excluding carboxylic acids is 1. The first-order valence-corrected chi connectivity index (χ1v) is 10.2. The van der Waals surface area contributed by atoms with E-state index in [0.717, 1.165) is 0 Å². The van der Waals surface area contributed by atoms with Crippen LogP contribution in [-0.2, 0) is 7.05 Å². The van der Waals surface area contributed by atoms with E-state index in [2.05, 4.69) is 15.0 Å². The molecule has 0 bridgehead atoms. The zero-order valence-corrected chi connectivity index (χ0v) is 18.2. The largest absolute Gasteiger partial charge is 0.345 e. The van der Waals surface area contributed by atoms with Crippen molar-refractivity contribution in [1.82, 2.24) is 29.0 Å². The summed E-state index contributed by atoms with van der Waals surface area (Å²) in [5.41, 5.74) is 0.183. The minimum atomic E-state index is -0.608. The summed E-state index contributed by atoms with van der Waals surface area (Å²) in [4.78, 5) is 53.7. The lowest BCUT2D eigenvalue weighted by molar-refractivity contribution is 0.0827. The Morgan fingerprint density at radius 2 is 1.71 bits per heavy atom. The van der Waals surface area contributed by atoms with Crippen LogP contribution in [-0.4, -0.2) is 62.1 Å². The number of nitrogens with zero attached hydrogens (tertiary/aromatic N) is 7. The maximum atomic E-state index is 12.8. The number of anilines is 1. The highest BCUT2D eigenvalue weighted by Crippen LogP contribution is 2.26. The molecule has 0 aromatic carbocycles. The van der Waals surface area contributed by atoms with Crippen LogP contribution in [0.3, 0.4) is 0 Å². The second-order valence-corrected chi connectivity index (χ2v) is 8.16. The fourth-order valence-corrected chi connectivity index (χ4v) is 3.97. The summed E-state index contributed by atoms with van der Waals surface area (Å²) in [5.74, 6) is 0.370. The van der Waals surface area contributed by atoms with Gasteiger partial charge < -0.3 is 14.4 Å². The summed E-state index contributed by atoms with van der Waals surface area (Å²) in [5, 5.41) is 0.399. The van der Waals surface area contributed by atoms with Gasteiger partial charge in [0.25, 0.3) is 5.91 Å². The Hall–Kier alpha value is -3.27. The molecule has 0 radical (unpaired) electrons. The minimum Gasteiger partial charge on any atom is -0.345 e. The third-order valence-electron chi connectivity index (χ3n) is 5.51. The van der Waals surface area contributed by atoms with Gasteiger partial charge in [-0.2, -0.15) is 0 Å². The van der Waals surface area contributed by atoms with Gasteiger partial charge in [-0.15, -0.1) is 0 Å². The van der Waals surface area contributed by atoms with Crippen molar-refractivity contribution >= 4 is 34.6 Å². The average Bonchev–Trinajstić information content (AvgIpc) is 2.78. The summed E-state index contributed by atoms with van der Waals surface area (Å²) in [7, 11) is 4.89. The number of rotatable bonds is 3. The molecule has 0 N–H and O–H groups in total. The van der Waals surface area contributed by atoms with E-state index in [1.54, 1.807) is 27.2 Å². The molecule has 0 saturated carbocycles. The Kier molecular flexibility index (Phi) is 5.48. The van der Waals surface area contributed by atoms with Crippen LogP contribution < -0.4 is 16.0 Å². The Morgan fingerprint density at radius 3 is 2.32 bits per heavy atom. The molecule has 1 aliphatic rings. The Balaban J connectivity index is 1.58. The van der Waals surface area contributed by atoms with Crippen molar-refractivity contribution in [3.05, 3.63) is 56.0 Å². The number of hydrogen-bond acceptors (Lipinski definition) is 7. The normalized spacial score (nSPS) is 14.8. The second-order valence-electron chi connectivity index (χ2n) is 7.73. The monoisotopic (exact) mass is 443 g/mol. The minimum absolute atomic E-state index is 0.158. The van der Waals surface area contributed by atoms with Crippen molar-refractivity contribution in [3.63, 3.8) is 0 Å². The molecule has 1 amide bonds. The summed E-state index contributed by atoms with van der Waals surface area (Å²) in [6.45, 7) is 1.20. The number of carbonyl (C=O) groups is 1. The molecule has 0 spiro atoms. The predicted octanol–water partition coefficient (Wildman–Crippen LogP) is 1.08. The van der Waals surface area contributed by atoms with Crippen molar-refractivity contribution in [2.75, 3.05) is 32.1 Å². The van der Waals surface area contributed by atoms with Crippen LogP contribution in [0.5, 0.6) is 0 Å². The quantitative estimate of drug-likeness (QED) is 0.557. The van der Waals surface area contributed by atoms with Crippen molar-refractivity contribution in [1.29, 1.82) is 0 Å². The molecule has 3 aromatic heterocycles. The molecule has 1 fully saturated rings. The number of hydrogen-bond donors (Lipinski definition) is 0. The second kappa shape index (κ2) is 8.10. The highest BCUT2D eigenvalue weighted by Gasteiger charge is 2.26. The van der Waals surface area contributed by atoms with Crippen molar-refractivity contribution in [2.24, 2.45) is 7.05 Å². The van der Waals surface area contributed by atoms with Crippen molar-refractivity contribution in [3.8, 4) is 0 Å². The number of aromatic nitrogens is 5. The number of fused-ring (bicyclic) bond motifs is 1. The third-order valence-corrected chi connectivity index (χ3v) is 5.72. The molecule has 1 saturated heterocycles. The molecule has 0 aliphatic carbocycles. The predicted molar refractivity (Wildman–Crippen MR) is 117 cm³/mol. The van der Waals surface area contributed by atoms with Crippen molar-refractivity contribution < 1.29 is 4.79 Å². The van der Waals surface area contributed by atoms with Crippen molar-refractivity contribution in [2.45, 2.75) is 18.9 Å². The van der Waals surface area contributed by atoms with Crippen LogP contribution in [0.25, 0.3) is 11.2 Å². The van der Waals surface area contributed by atoms with Gasteiger partial charge in [0.15, 0.2) is 5.65 Å². The zero-order chi connectivity index (χ0) is 22.3. The number of aryl methyl sites for hydroxylation is 1. The number of pyridine rings is 1. The lowest BCUT2D eigenvalue weighted by Gasteiger charge is -2.33. The molecule has 0 unspecified atom stereocenters. The standard InChI is InChI=1S/C20H22ClN7O3/c1-25(2)17(29)12-9-23-20(24-10-12)27-6-4-14(5-7-27)28-16-15(8-13(21)11-22-16)26(3)18(30)19(28)31/h8-11,14H,4-7H2,1-3H3. The molecule has 3 aromatic rings. The SMILES string of the molecule is CN(C)C(=O)c1cnc(N2CCC(n3c(=O)c(=O)n(C)c4cc(Cl)cnc43)CC2)nc1. The first-order chi connectivity index (χ1) is 14.8. The van der Waals surface area contributed by atoms with E-state index in [0.29, 0.717) is 53.6 Å². The van der Waals surface area contributed by atoms with Crippen LogP contribution in [0.2, 0.25) is 5.02 Å². The molecule has 4 heterocycles. The summed E-state index contributed by atoms with van der Waals surface area (Å²) in [6.07, 6.45) is 5.75. The highest BCUT2D eigenvalue weighted by molar-refractivity contribution is 6.31. The molecular formula is C20H22ClN7O3. The van der Waals surface area contributed by atoms with Crippen LogP contribution in [0.4, 0.5) is 5.95 Å². The third kappa shape index (κ3) is 3.78. The van der Waals surface area contributed by atoms with Crippen LogP contribution >= 0.6 is 11.6 Å². The maximum Gasteiger partial charge on any atom is 0.318 e. The van der Waals surface area contributed by atoms with E-state index >= 15 is 0 Å². The first-order valence-electron chi connectivity index (χ1n) is 9.83. The van der Waals surface area contributed by atoms with Gasteiger partial charge in [0, 0.05) is 58.9 Å². The molecule has 0 atom stereocenters. The lowest BCUT2D eigenvalue weighted by atomic mass is 10.0. The zero-order valence-electron chi connectivity index (χ0n) is 17.4. The maximum absolute atomic E-state index is 12.8. The molecular weight excluding hydrogens is 422 g/mol. The van der Waals surface area contributed by atoms with E-state index in [1.165, 1.54) is 32.6 Å². The number of amides is 1. The fourth-order valence-electron chi connectivity index (χ4n) is 3.82. The van der Waals surface area contributed by atoms with Gasteiger partial charge in [0.1, 0.15) is 0 Å². The van der Waals surface area contributed by atoms with E-state index in [9.17, 15) is 14.4 Å². The lowest BCUT2D eigenvalue weighted by Crippen LogP contribution is -2.45. The van der Waals surface area contributed by atoms with E-state index in [1.807, 2.05) is 4.90 Å². The molecule has 162 valence electrons. The summed E-state index contributed by atoms with van der Waals surface area (Å²) >= 11 is 6.05. The van der Waals surface area contributed by atoms with E-state index in [4.69, 9.17) is 11.6 Å². The van der Waals surface area contributed by atoms with Gasteiger partial charge in [-0.05, 0) is 18.9 Å². The average molecular weight is 444 g/mol. The van der Waals surface area contributed by atoms with E-state index < -0.39 is 11.1 Å². The van der Waals surface area contributed by atoms with Crippen LogP contribution in [0.15, 0.2) is 34.2 Å². The van der Waals surface area contributed by atoms with Gasteiger partial charge in [-0.25, -0.2) is 15.0 Å². The van der Waals surface area contributed by atoms with Gasteiger partial charge in [0.05, 0.1) is 16.1 Å². The Morgan fingerprint density at radius 1 is 1.06 bits per heavy atom. The smallest absolute Gasteiger partial charge is 0.318 e. The topological polar surface area (TPSA) is 106 Å². The Bertz CT molecular complexity index is 1260. The van der Waals surface area contributed by atoms with Crippen LogP contribution in [0, 0.1) is 0 Å². The van der Waals surface area contributed by atoms with Gasteiger partial charge in [-0.1, -0.05) is 11.6 Å². The highest BCUT2D eigenvalue weighted by atomic mass is 35.5. The summed E-state index contributed by atoms with van der Waals surface area (Å²) < 4.78 is 2.78. The van der Waals surface area contributed by atoms with Crippen LogP contribution in [0.1, 0.15) is 29.2 Å². The van der Waals surface area contributed by atoms with E-state index in [-0.39, 0.29) is 11.9 Å². The molecule has 1 aliphatic heterocycles. The first kappa shape index (κ1) is 21.0. The number of halogens is 1.